The van der Waals surface area contributed by atoms with E-state index in [1.54, 1.807) is 0 Å². The van der Waals surface area contributed by atoms with Crippen molar-refractivity contribution in [1.29, 1.82) is 0 Å². The summed E-state index contributed by atoms with van der Waals surface area (Å²) in [6.45, 7) is 1.53. The molecule has 1 aliphatic heterocycles. The molecule has 0 aromatic carbocycles. The third-order valence-corrected chi connectivity index (χ3v) is 1.57. The fourth-order valence-electron chi connectivity index (χ4n) is 1.01. The van der Waals surface area contributed by atoms with Gasteiger partial charge in [0.2, 0.25) is 5.91 Å². The van der Waals surface area contributed by atoms with Crippen LogP contribution in [-0.4, -0.2) is 24.8 Å². The van der Waals surface area contributed by atoms with E-state index >= 15 is 0 Å². The minimum atomic E-state index is -0.268. The molecule has 0 radical (unpaired) electrons. The van der Waals surface area contributed by atoms with E-state index in [0.29, 0.717) is 13.0 Å². The molecule has 0 atom stereocenters. The van der Waals surface area contributed by atoms with Crippen LogP contribution in [0.3, 0.4) is 0 Å². The summed E-state index contributed by atoms with van der Waals surface area (Å²) in [6, 6.07) is 0. The predicted molar refractivity (Wildman–Crippen MR) is 43.4 cm³/mol. The Bertz CT molecular complexity index is 177. The lowest BCUT2D eigenvalue weighted by molar-refractivity contribution is -0.117. The van der Waals surface area contributed by atoms with Gasteiger partial charge in [0.15, 0.2) is 0 Å². The molecule has 0 aliphatic carbocycles. The SMILES string of the molecule is NC(=O)CCNC1=NCCC1. The van der Waals surface area contributed by atoms with E-state index in [1.165, 1.54) is 0 Å². The fraction of sp³-hybridized carbons (Fsp3) is 0.714. The molecule has 0 unspecified atom stereocenters. The van der Waals surface area contributed by atoms with Gasteiger partial charge in [0.05, 0.1) is 5.84 Å². The van der Waals surface area contributed by atoms with Gasteiger partial charge >= 0.3 is 0 Å². The summed E-state index contributed by atoms with van der Waals surface area (Å²) in [4.78, 5) is 14.5. The Morgan fingerprint density at radius 1 is 1.73 bits per heavy atom. The Morgan fingerprint density at radius 3 is 3.09 bits per heavy atom. The van der Waals surface area contributed by atoms with Gasteiger partial charge in [-0.1, -0.05) is 0 Å². The van der Waals surface area contributed by atoms with Gasteiger partial charge in [-0.15, -0.1) is 0 Å². The van der Waals surface area contributed by atoms with Crippen molar-refractivity contribution in [3.63, 3.8) is 0 Å². The lowest BCUT2D eigenvalue weighted by Gasteiger charge is -2.02. The van der Waals surface area contributed by atoms with Crippen LogP contribution < -0.4 is 11.1 Å². The molecule has 1 heterocycles. The van der Waals surface area contributed by atoms with Crippen LogP contribution in [0.2, 0.25) is 0 Å². The molecule has 1 aliphatic rings. The van der Waals surface area contributed by atoms with Gasteiger partial charge in [0, 0.05) is 25.9 Å². The Hall–Kier alpha value is -1.06. The van der Waals surface area contributed by atoms with E-state index in [1.807, 2.05) is 0 Å². The van der Waals surface area contributed by atoms with Crippen LogP contribution in [0.4, 0.5) is 0 Å². The number of rotatable bonds is 3. The molecule has 0 bridgehead atoms. The normalized spacial score (nSPS) is 16.2. The Balaban J connectivity index is 2.07. The number of carbonyl (C=O) groups excluding carboxylic acids is 1. The first-order valence-corrected chi connectivity index (χ1v) is 3.84. The molecule has 1 rings (SSSR count). The highest BCUT2D eigenvalue weighted by molar-refractivity contribution is 5.84. The van der Waals surface area contributed by atoms with Gasteiger partial charge in [-0.2, -0.15) is 0 Å². The topological polar surface area (TPSA) is 67.5 Å². The van der Waals surface area contributed by atoms with Crippen molar-refractivity contribution >= 4 is 11.7 Å². The quantitative estimate of drug-likeness (QED) is 0.584. The van der Waals surface area contributed by atoms with Crippen LogP contribution in [0.15, 0.2) is 4.99 Å². The van der Waals surface area contributed by atoms with Gasteiger partial charge in [-0.3, -0.25) is 9.79 Å². The standard InChI is InChI=1S/C7H13N3O/c8-6(11)3-5-10-7-2-1-4-9-7/h1-5H2,(H2,8,11)(H,9,10). The molecule has 3 N–H and O–H groups in total. The van der Waals surface area contributed by atoms with Crippen molar-refractivity contribution in [3.05, 3.63) is 0 Å². The molecule has 0 fully saturated rings. The van der Waals surface area contributed by atoms with Crippen LogP contribution in [-0.2, 0) is 4.79 Å². The Labute approximate surface area is 65.9 Å². The second-order valence-electron chi connectivity index (χ2n) is 2.58. The number of nitrogens with one attached hydrogen (secondary N) is 1. The molecule has 1 amide bonds. The fourth-order valence-corrected chi connectivity index (χ4v) is 1.01. The zero-order chi connectivity index (χ0) is 8.10. The zero-order valence-electron chi connectivity index (χ0n) is 6.47. The number of amidine groups is 1. The number of nitrogens with zero attached hydrogens (tertiary/aromatic N) is 1. The summed E-state index contributed by atoms with van der Waals surface area (Å²) in [7, 11) is 0. The number of amides is 1. The van der Waals surface area contributed by atoms with Crippen molar-refractivity contribution in [2.75, 3.05) is 13.1 Å². The van der Waals surface area contributed by atoms with Gasteiger partial charge in [-0.05, 0) is 6.42 Å². The number of hydrogen-bond donors (Lipinski definition) is 2. The van der Waals surface area contributed by atoms with E-state index in [9.17, 15) is 4.79 Å². The molecule has 0 saturated carbocycles. The molecular formula is C7H13N3O. The highest BCUT2D eigenvalue weighted by atomic mass is 16.1. The van der Waals surface area contributed by atoms with Gasteiger partial charge in [0.1, 0.15) is 0 Å². The highest BCUT2D eigenvalue weighted by Crippen LogP contribution is 2.00. The first kappa shape index (κ1) is 8.04. The zero-order valence-corrected chi connectivity index (χ0v) is 6.47. The van der Waals surface area contributed by atoms with E-state index in [0.717, 1.165) is 25.2 Å². The smallest absolute Gasteiger partial charge is 0.219 e. The maximum absolute atomic E-state index is 10.3. The lowest BCUT2D eigenvalue weighted by atomic mass is 10.3. The summed E-state index contributed by atoms with van der Waals surface area (Å²) < 4.78 is 0. The molecule has 0 spiro atoms. The van der Waals surface area contributed by atoms with Gasteiger partial charge < -0.3 is 11.1 Å². The third-order valence-electron chi connectivity index (χ3n) is 1.57. The Kier molecular flexibility index (Phi) is 2.89. The van der Waals surface area contributed by atoms with E-state index < -0.39 is 0 Å². The van der Waals surface area contributed by atoms with Crippen molar-refractivity contribution < 1.29 is 4.79 Å². The first-order valence-electron chi connectivity index (χ1n) is 3.84. The molecule has 4 heteroatoms. The van der Waals surface area contributed by atoms with Gasteiger partial charge in [-0.25, -0.2) is 0 Å². The maximum Gasteiger partial charge on any atom is 0.219 e. The molecule has 0 aromatic rings. The van der Waals surface area contributed by atoms with Crippen LogP contribution in [0.5, 0.6) is 0 Å². The predicted octanol–water partition coefficient (Wildman–Crippen LogP) is -0.356. The van der Waals surface area contributed by atoms with Gasteiger partial charge in [0.25, 0.3) is 0 Å². The minimum Gasteiger partial charge on any atom is -0.373 e. The minimum absolute atomic E-state index is 0.268. The van der Waals surface area contributed by atoms with Crippen LogP contribution >= 0.6 is 0 Å². The molecule has 0 saturated heterocycles. The Morgan fingerprint density at radius 2 is 2.55 bits per heavy atom. The van der Waals surface area contributed by atoms with E-state index in [2.05, 4.69) is 10.3 Å². The molecule has 11 heavy (non-hydrogen) atoms. The average molecular weight is 155 g/mol. The van der Waals surface area contributed by atoms with E-state index in [4.69, 9.17) is 5.73 Å². The highest BCUT2D eigenvalue weighted by Gasteiger charge is 2.04. The number of hydrogen-bond acceptors (Lipinski definition) is 3. The average Bonchev–Trinajstić information content (AvgIpc) is 2.39. The summed E-state index contributed by atoms with van der Waals surface area (Å²) in [5, 5.41) is 3.06. The van der Waals surface area contributed by atoms with Crippen LogP contribution in [0, 0.1) is 0 Å². The third kappa shape index (κ3) is 3.02. The molecular weight excluding hydrogens is 142 g/mol. The summed E-state index contributed by atoms with van der Waals surface area (Å²) in [5.74, 6) is 0.752. The number of primary amides is 1. The lowest BCUT2D eigenvalue weighted by Crippen LogP contribution is -2.26. The van der Waals surface area contributed by atoms with Crippen molar-refractivity contribution in [2.24, 2.45) is 10.7 Å². The second kappa shape index (κ2) is 3.95. The van der Waals surface area contributed by atoms with Crippen molar-refractivity contribution in [1.82, 2.24) is 5.32 Å². The van der Waals surface area contributed by atoms with Crippen LogP contribution in [0.1, 0.15) is 19.3 Å². The first-order chi connectivity index (χ1) is 5.29. The largest absolute Gasteiger partial charge is 0.373 e. The number of carbonyl (C=O) groups is 1. The number of aliphatic imine (C=N–C) groups is 1. The van der Waals surface area contributed by atoms with Crippen LogP contribution in [0.25, 0.3) is 0 Å². The molecule has 62 valence electrons. The number of nitrogens with two attached hydrogens (primary N) is 1. The molecule has 4 nitrogen and oxygen atoms in total. The summed E-state index contributed by atoms with van der Waals surface area (Å²) in [5.41, 5.74) is 4.96. The van der Waals surface area contributed by atoms with Crippen molar-refractivity contribution in [2.45, 2.75) is 19.3 Å². The van der Waals surface area contributed by atoms with Crippen molar-refractivity contribution in [3.8, 4) is 0 Å². The summed E-state index contributed by atoms with van der Waals surface area (Å²) >= 11 is 0. The molecule has 0 aromatic heterocycles. The maximum atomic E-state index is 10.3. The van der Waals surface area contributed by atoms with E-state index in [-0.39, 0.29) is 5.91 Å². The second-order valence-corrected chi connectivity index (χ2v) is 2.58. The summed E-state index contributed by atoms with van der Waals surface area (Å²) in [6.07, 6.45) is 2.52. The monoisotopic (exact) mass is 155 g/mol.